The van der Waals surface area contributed by atoms with E-state index in [0.717, 1.165) is 29.7 Å². The Kier molecular flexibility index (Phi) is 3.66. The molecule has 0 radical (unpaired) electrons. The summed E-state index contributed by atoms with van der Waals surface area (Å²) >= 11 is 5.15. The molecule has 0 amide bonds. The van der Waals surface area contributed by atoms with Gasteiger partial charge in [-0.3, -0.25) is 0 Å². The van der Waals surface area contributed by atoms with E-state index in [0.29, 0.717) is 10.8 Å². The number of aryl methyl sites for hydroxylation is 1. The molecule has 5 nitrogen and oxygen atoms in total. The van der Waals surface area contributed by atoms with Crippen molar-refractivity contribution in [3.63, 3.8) is 0 Å². The van der Waals surface area contributed by atoms with Crippen molar-refractivity contribution in [1.29, 1.82) is 0 Å². The molecule has 0 bridgehead atoms. The van der Waals surface area contributed by atoms with Crippen molar-refractivity contribution < 1.29 is 0 Å². The van der Waals surface area contributed by atoms with Crippen LogP contribution in [0.1, 0.15) is 30.7 Å². The van der Waals surface area contributed by atoms with E-state index in [1.807, 2.05) is 13.0 Å². The Labute approximate surface area is 111 Å². The van der Waals surface area contributed by atoms with Crippen molar-refractivity contribution in [3.05, 3.63) is 35.3 Å². The molecule has 0 aliphatic rings. The third-order valence-electron chi connectivity index (χ3n) is 2.80. The summed E-state index contributed by atoms with van der Waals surface area (Å²) in [6.07, 6.45) is 5.12. The summed E-state index contributed by atoms with van der Waals surface area (Å²) in [5.74, 6) is 0.599. The van der Waals surface area contributed by atoms with Crippen LogP contribution < -0.4 is 5.73 Å². The smallest absolute Gasteiger partial charge is 0.186 e. The average molecular weight is 261 g/mol. The maximum absolute atomic E-state index is 5.84. The van der Waals surface area contributed by atoms with E-state index in [1.165, 1.54) is 0 Å². The number of thiocarbonyl (C=S) groups is 1. The lowest BCUT2D eigenvalue weighted by molar-refractivity contribution is 0.780. The molecule has 2 aromatic rings. The highest BCUT2D eigenvalue weighted by molar-refractivity contribution is 7.80. The second kappa shape index (κ2) is 5.22. The number of hydrogen-bond donors (Lipinski definition) is 1. The standard InChI is InChI=1S/C12H15N5S/c1-3-8-9(4-2)15-16-12(10(8)11(13)18)17-7-5-6-14-17/h5-7H,3-4H2,1-2H3,(H2,13,18). The Balaban J connectivity index is 2.71. The molecule has 0 aromatic carbocycles. The predicted octanol–water partition coefficient (Wildman–Crippen LogP) is 1.42. The number of nitrogens with zero attached hydrogens (tertiary/aromatic N) is 4. The topological polar surface area (TPSA) is 69.6 Å². The Morgan fingerprint density at radius 2 is 2.11 bits per heavy atom. The van der Waals surface area contributed by atoms with Crippen molar-refractivity contribution in [1.82, 2.24) is 20.0 Å². The van der Waals surface area contributed by atoms with Crippen molar-refractivity contribution in [2.24, 2.45) is 5.73 Å². The molecule has 0 atom stereocenters. The minimum atomic E-state index is 0.335. The molecule has 0 saturated carbocycles. The van der Waals surface area contributed by atoms with E-state index in [2.05, 4.69) is 22.2 Å². The van der Waals surface area contributed by atoms with E-state index < -0.39 is 0 Å². The maximum atomic E-state index is 5.84. The zero-order valence-electron chi connectivity index (χ0n) is 10.4. The minimum absolute atomic E-state index is 0.335. The Bertz CT molecular complexity index is 562. The number of aromatic nitrogens is 4. The van der Waals surface area contributed by atoms with Gasteiger partial charge in [0.05, 0.1) is 11.3 Å². The number of nitrogens with two attached hydrogens (primary N) is 1. The average Bonchev–Trinajstić information content (AvgIpc) is 2.90. The van der Waals surface area contributed by atoms with Gasteiger partial charge in [0.2, 0.25) is 0 Å². The summed E-state index contributed by atoms with van der Waals surface area (Å²) in [6.45, 7) is 4.10. The van der Waals surface area contributed by atoms with Crippen LogP contribution in [0.4, 0.5) is 0 Å². The molecule has 18 heavy (non-hydrogen) atoms. The first-order valence-electron chi connectivity index (χ1n) is 5.87. The van der Waals surface area contributed by atoms with Gasteiger partial charge in [-0.05, 0) is 24.5 Å². The number of rotatable bonds is 4. The van der Waals surface area contributed by atoms with Crippen molar-refractivity contribution in [3.8, 4) is 5.82 Å². The molecule has 94 valence electrons. The van der Waals surface area contributed by atoms with Crippen LogP contribution in [-0.4, -0.2) is 25.0 Å². The number of hydrogen-bond acceptors (Lipinski definition) is 4. The predicted molar refractivity (Wildman–Crippen MR) is 73.8 cm³/mol. The van der Waals surface area contributed by atoms with Crippen LogP contribution in [-0.2, 0) is 12.8 Å². The van der Waals surface area contributed by atoms with Crippen LogP contribution in [0.25, 0.3) is 5.82 Å². The third kappa shape index (κ3) is 2.11. The highest BCUT2D eigenvalue weighted by Gasteiger charge is 2.17. The lowest BCUT2D eigenvalue weighted by atomic mass is 10.0. The SMILES string of the molecule is CCc1nnc(-n2cccn2)c(C(N)=S)c1CC. The second-order valence-corrected chi connectivity index (χ2v) is 4.29. The lowest BCUT2D eigenvalue weighted by Gasteiger charge is -2.14. The molecule has 2 N–H and O–H groups in total. The van der Waals surface area contributed by atoms with Crippen LogP contribution in [0.2, 0.25) is 0 Å². The van der Waals surface area contributed by atoms with Crippen molar-refractivity contribution in [2.75, 3.05) is 0 Å². The summed E-state index contributed by atoms with van der Waals surface area (Å²) < 4.78 is 1.64. The van der Waals surface area contributed by atoms with Gasteiger partial charge in [0, 0.05) is 12.4 Å². The van der Waals surface area contributed by atoms with Gasteiger partial charge in [0.15, 0.2) is 5.82 Å². The highest BCUT2D eigenvalue weighted by atomic mass is 32.1. The van der Waals surface area contributed by atoms with Crippen LogP contribution in [0.5, 0.6) is 0 Å². The van der Waals surface area contributed by atoms with Crippen LogP contribution in [0, 0.1) is 0 Å². The van der Waals surface area contributed by atoms with E-state index in [1.54, 1.807) is 17.1 Å². The van der Waals surface area contributed by atoms with Gasteiger partial charge in [-0.2, -0.15) is 10.2 Å². The van der Waals surface area contributed by atoms with Gasteiger partial charge < -0.3 is 5.73 Å². The summed E-state index contributed by atoms with van der Waals surface area (Å²) in [4.78, 5) is 0.335. The third-order valence-corrected chi connectivity index (χ3v) is 3.00. The first-order chi connectivity index (χ1) is 8.69. The normalized spacial score (nSPS) is 10.6. The lowest BCUT2D eigenvalue weighted by Crippen LogP contribution is -2.20. The molecule has 0 fully saturated rings. The summed E-state index contributed by atoms with van der Waals surface area (Å²) in [6, 6.07) is 1.82. The monoisotopic (exact) mass is 261 g/mol. The minimum Gasteiger partial charge on any atom is -0.389 e. The van der Waals surface area contributed by atoms with Gasteiger partial charge >= 0.3 is 0 Å². The van der Waals surface area contributed by atoms with E-state index in [4.69, 9.17) is 18.0 Å². The van der Waals surface area contributed by atoms with Crippen molar-refractivity contribution >= 4 is 17.2 Å². The van der Waals surface area contributed by atoms with Crippen LogP contribution in [0.15, 0.2) is 18.5 Å². The second-order valence-electron chi connectivity index (χ2n) is 3.85. The molecule has 2 rings (SSSR count). The van der Waals surface area contributed by atoms with Gasteiger partial charge in [-0.15, -0.1) is 5.10 Å². The maximum Gasteiger partial charge on any atom is 0.186 e. The van der Waals surface area contributed by atoms with Gasteiger partial charge in [0.25, 0.3) is 0 Å². The fourth-order valence-corrected chi connectivity index (χ4v) is 2.19. The molecule has 0 aliphatic carbocycles. The Hall–Kier alpha value is -1.82. The molecule has 0 spiro atoms. The molecule has 2 heterocycles. The molecule has 0 aliphatic heterocycles. The van der Waals surface area contributed by atoms with Crippen LogP contribution in [0.3, 0.4) is 0 Å². The molecular formula is C12H15N5S. The Morgan fingerprint density at radius 3 is 2.61 bits per heavy atom. The van der Waals surface area contributed by atoms with Gasteiger partial charge in [0.1, 0.15) is 4.99 Å². The first kappa shape index (κ1) is 12.6. The van der Waals surface area contributed by atoms with Crippen LogP contribution >= 0.6 is 12.2 Å². The van der Waals surface area contributed by atoms with E-state index in [-0.39, 0.29) is 0 Å². The first-order valence-corrected chi connectivity index (χ1v) is 6.28. The van der Waals surface area contributed by atoms with E-state index >= 15 is 0 Å². The zero-order chi connectivity index (χ0) is 13.1. The van der Waals surface area contributed by atoms with E-state index in [9.17, 15) is 0 Å². The highest BCUT2D eigenvalue weighted by Crippen LogP contribution is 2.19. The van der Waals surface area contributed by atoms with Gasteiger partial charge in [-0.1, -0.05) is 26.1 Å². The fraction of sp³-hybridized carbons (Fsp3) is 0.333. The molecule has 0 saturated heterocycles. The Morgan fingerprint density at radius 1 is 1.33 bits per heavy atom. The molecule has 2 aromatic heterocycles. The zero-order valence-corrected chi connectivity index (χ0v) is 11.2. The van der Waals surface area contributed by atoms with Gasteiger partial charge in [-0.25, -0.2) is 4.68 Å². The molecule has 0 unspecified atom stereocenters. The van der Waals surface area contributed by atoms with Crippen molar-refractivity contribution in [2.45, 2.75) is 26.7 Å². The fourth-order valence-electron chi connectivity index (χ4n) is 1.98. The summed E-state index contributed by atoms with van der Waals surface area (Å²) in [5.41, 5.74) is 8.63. The summed E-state index contributed by atoms with van der Waals surface area (Å²) in [5, 5.41) is 12.6. The largest absolute Gasteiger partial charge is 0.389 e. The molecule has 6 heteroatoms. The molecular weight excluding hydrogens is 246 g/mol. The quantitative estimate of drug-likeness (QED) is 0.843. The summed E-state index contributed by atoms with van der Waals surface area (Å²) in [7, 11) is 0.